The fourth-order valence-electron chi connectivity index (χ4n) is 10.5. The van der Waals surface area contributed by atoms with Gasteiger partial charge < -0.3 is 20.9 Å². The van der Waals surface area contributed by atoms with Crippen LogP contribution in [-0.2, 0) is 9.47 Å². The number of fused-ring (bicyclic) bond motifs is 4. The maximum absolute atomic E-state index is 13.7. The fraction of sp³-hybridized carbons (Fsp3) is 0.610. The van der Waals surface area contributed by atoms with Crippen molar-refractivity contribution in [1.29, 1.82) is 0 Å². The van der Waals surface area contributed by atoms with Gasteiger partial charge in [0.15, 0.2) is 0 Å². The van der Waals surface area contributed by atoms with Crippen molar-refractivity contribution in [3.05, 3.63) is 70.8 Å². The van der Waals surface area contributed by atoms with Crippen LogP contribution < -0.4 is 11.5 Å². The van der Waals surface area contributed by atoms with Crippen LogP contribution in [0.4, 0.5) is 11.4 Å². The topological polar surface area (TPSA) is 105 Å². The van der Waals surface area contributed by atoms with Crippen molar-refractivity contribution in [2.45, 2.75) is 117 Å². The first kappa shape index (κ1) is 33.6. The molecule has 2 saturated carbocycles. The highest BCUT2D eigenvalue weighted by atomic mass is 16.6. The number of hydrogen-bond acceptors (Lipinski definition) is 6. The molecule has 0 spiro atoms. The number of esters is 2. The lowest BCUT2D eigenvalue weighted by atomic mass is 9.49. The van der Waals surface area contributed by atoms with Crippen LogP contribution in [0.1, 0.15) is 126 Å². The summed E-state index contributed by atoms with van der Waals surface area (Å²) in [7, 11) is 0. The number of rotatable bonds is 9. The quantitative estimate of drug-likeness (QED) is 0.161. The van der Waals surface area contributed by atoms with Crippen LogP contribution in [0.15, 0.2) is 59.7 Å². The normalized spacial score (nSPS) is 32.3. The van der Waals surface area contributed by atoms with E-state index in [0.29, 0.717) is 34.8 Å². The molecular weight excluding hydrogens is 584 g/mol. The monoisotopic (exact) mass is 640 g/mol. The Balaban J connectivity index is 1.28. The van der Waals surface area contributed by atoms with E-state index in [1.54, 1.807) is 59.7 Å². The zero-order valence-electron chi connectivity index (χ0n) is 29.2. The highest BCUT2D eigenvalue weighted by Gasteiger charge is 2.58. The molecule has 47 heavy (non-hydrogen) atoms. The van der Waals surface area contributed by atoms with Gasteiger partial charge in [0.1, 0.15) is 12.2 Å². The molecular formula is C41H56N2O4. The van der Waals surface area contributed by atoms with Gasteiger partial charge in [-0.15, -0.1) is 0 Å². The molecule has 4 N–H and O–H groups in total. The smallest absolute Gasteiger partial charge is 0.338 e. The zero-order valence-corrected chi connectivity index (χ0v) is 29.2. The van der Waals surface area contributed by atoms with E-state index in [2.05, 4.69) is 34.6 Å². The number of ether oxygens (including phenoxy) is 2. The van der Waals surface area contributed by atoms with E-state index in [1.807, 2.05) is 0 Å². The lowest BCUT2D eigenvalue weighted by Crippen LogP contribution is -2.52. The highest BCUT2D eigenvalue weighted by Crippen LogP contribution is 2.66. The largest absolute Gasteiger partial charge is 0.459 e. The summed E-state index contributed by atoms with van der Waals surface area (Å²) in [6.07, 6.45) is 11.4. The summed E-state index contributed by atoms with van der Waals surface area (Å²) in [6.45, 7) is 12.1. The van der Waals surface area contributed by atoms with Gasteiger partial charge >= 0.3 is 11.9 Å². The van der Waals surface area contributed by atoms with Gasteiger partial charge in [0.25, 0.3) is 0 Å². The third kappa shape index (κ3) is 6.58. The molecule has 0 heterocycles. The molecule has 0 saturated heterocycles. The molecule has 0 bridgehead atoms. The van der Waals surface area contributed by atoms with Crippen LogP contribution in [0.25, 0.3) is 0 Å². The molecule has 0 radical (unpaired) electrons. The van der Waals surface area contributed by atoms with E-state index in [-0.39, 0.29) is 40.9 Å². The molecule has 2 aromatic rings. The molecule has 2 aromatic carbocycles. The number of nitrogens with two attached hydrogens (primary N) is 2. The van der Waals surface area contributed by atoms with E-state index in [4.69, 9.17) is 20.9 Å². The second-order valence-corrected chi connectivity index (χ2v) is 16.3. The summed E-state index contributed by atoms with van der Waals surface area (Å²) in [4.78, 5) is 26.8. The first-order chi connectivity index (χ1) is 22.4. The summed E-state index contributed by atoms with van der Waals surface area (Å²) in [6, 6.07) is 14.0. The van der Waals surface area contributed by atoms with Crippen molar-refractivity contribution in [2.24, 2.45) is 40.4 Å². The molecule has 6 nitrogen and oxygen atoms in total. The summed E-state index contributed by atoms with van der Waals surface area (Å²) < 4.78 is 12.6. The number of anilines is 2. The van der Waals surface area contributed by atoms with E-state index >= 15 is 0 Å². The first-order valence-electron chi connectivity index (χ1n) is 18.2. The van der Waals surface area contributed by atoms with Crippen molar-refractivity contribution < 1.29 is 19.1 Å². The number of carbonyl (C=O) groups excluding carboxylic acids is 2. The Bertz CT molecular complexity index is 1510. The van der Waals surface area contributed by atoms with E-state index in [1.165, 1.54) is 38.5 Å². The van der Waals surface area contributed by atoms with Crippen molar-refractivity contribution >= 4 is 23.3 Å². The molecule has 0 aliphatic heterocycles. The van der Waals surface area contributed by atoms with Crippen LogP contribution in [0.5, 0.6) is 0 Å². The molecule has 4 aliphatic rings. The predicted octanol–water partition coefficient (Wildman–Crippen LogP) is 9.40. The zero-order chi connectivity index (χ0) is 33.5. The Hall–Kier alpha value is -3.28. The summed E-state index contributed by atoms with van der Waals surface area (Å²) >= 11 is 0. The minimum Gasteiger partial charge on any atom is -0.459 e. The Kier molecular flexibility index (Phi) is 9.53. The van der Waals surface area contributed by atoms with E-state index in [0.717, 1.165) is 43.4 Å². The molecule has 8 unspecified atom stereocenters. The highest BCUT2D eigenvalue weighted by molar-refractivity contribution is 5.91. The van der Waals surface area contributed by atoms with Gasteiger partial charge in [-0.1, -0.05) is 77.2 Å². The molecule has 4 aliphatic carbocycles. The Morgan fingerprint density at radius 1 is 0.872 bits per heavy atom. The van der Waals surface area contributed by atoms with Crippen molar-refractivity contribution in [3.63, 3.8) is 0 Å². The van der Waals surface area contributed by atoms with E-state index in [9.17, 15) is 9.59 Å². The number of hydrogen-bond donors (Lipinski definition) is 2. The summed E-state index contributed by atoms with van der Waals surface area (Å²) in [5, 5.41) is 0. The third-order valence-electron chi connectivity index (χ3n) is 12.9. The lowest BCUT2D eigenvalue weighted by Gasteiger charge is -2.57. The third-order valence-corrected chi connectivity index (χ3v) is 12.9. The number of nitrogen functional groups attached to an aromatic ring is 2. The van der Waals surface area contributed by atoms with Gasteiger partial charge in [-0.05, 0) is 116 Å². The van der Waals surface area contributed by atoms with Gasteiger partial charge in [0, 0.05) is 23.7 Å². The van der Waals surface area contributed by atoms with Gasteiger partial charge in [-0.3, -0.25) is 0 Å². The molecule has 6 rings (SSSR count). The second-order valence-electron chi connectivity index (χ2n) is 16.3. The molecule has 0 aromatic heterocycles. The Morgan fingerprint density at radius 2 is 1.53 bits per heavy atom. The lowest BCUT2D eigenvalue weighted by molar-refractivity contribution is -0.0693. The molecule has 254 valence electrons. The minimum absolute atomic E-state index is 0.0650. The average molecular weight is 641 g/mol. The maximum Gasteiger partial charge on any atom is 0.338 e. The van der Waals surface area contributed by atoms with Crippen LogP contribution in [-0.4, -0.2) is 24.1 Å². The van der Waals surface area contributed by atoms with Crippen molar-refractivity contribution in [1.82, 2.24) is 0 Å². The van der Waals surface area contributed by atoms with Crippen LogP contribution in [0.3, 0.4) is 0 Å². The molecule has 6 heteroatoms. The summed E-state index contributed by atoms with van der Waals surface area (Å²) in [5.41, 5.74) is 17.4. The number of benzene rings is 2. The van der Waals surface area contributed by atoms with Crippen molar-refractivity contribution in [2.75, 3.05) is 11.5 Å². The van der Waals surface area contributed by atoms with Gasteiger partial charge in [-0.2, -0.15) is 0 Å². The fourth-order valence-corrected chi connectivity index (χ4v) is 10.5. The summed E-state index contributed by atoms with van der Waals surface area (Å²) in [5.74, 6) is 2.14. The Labute approximate surface area is 282 Å². The van der Waals surface area contributed by atoms with Gasteiger partial charge in [0.2, 0.25) is 0 Å². The van der Waals surface area contributed by atoms with Crippen LogP contribution >= 0.6 is 0 Å². The maximum atomic E-state index is 13.7. The van der Waals surface area contributed by atoms with Crippen LogP contribution in [0.2, 0.25) is 0 Å². The van der Waals surface area contributed by atoms with Crippen molar-refractivity contribution in [3.8, 4) is 0 Å². The van der Waals surface area contributed by atoms with E-state index < -0.39 is 0 Å². The van der Waals surface area contributed by atoms with Gasteiger partial charge in [0.05, 0.1) is 11.1 Å². The van der Waals surface area contributed by atoms with Gasteiger partial charge in [-0.25, -0.2) is 9.59 Å². The number of allylic oxidation sites excluding steroid dienone is 1. The SMILES string of the molecule is CC(C)CCCC(C)C1CCC2C3=C(CCC21C)C1(C)CCC(OC(=O)c2cccc(N)c2)CC1C(OC(=O)c1cccc(N)c1)C3. The molecule has 2 fully saturated rings. The van der Waals surface area contributed by atoms with Crippen LogP contribution in [0, 0.1) is 40.4 Å². The molecule has 8 atom stereocenters. The Morgan fingerprint density at radius 3 is 2.17 bits per heavy atom. The first-order valence-corrected chi connectivity index (χ1v) is 18.2. The average Bonchev–Trinajstić information content (AvgIpc) is 3.39. The molecule has 0 amide bonds. The standard InChI is InChI=1S/C41H56N2O4/c1-25(2)9-6-10-26(3)33-15-16-34-32-24-37(47-39(45)28-12-8-14-30(43)22-28)36-23-31(46-38(44)27-11-7-13-29(42)21-27)17-19-41(36,5)35(32)18-20-40(33,34)4/h7-8,11-14,21-22,25-26,31,33-34,36-37H,6,9-10,15-20,23-24,42-43H2,1-5H3. The minimum atomic E-state index is -0.345. The predicted molar refractivity (Wildman–Crippen MR) is 189 cm³/mol. The number of carbonyl (C=O) groups is 2. The second kappa shape index (κ2) is 13.3.